The Kier molecular flexibility index (Phi) is 4.67. The van der Waals surface area contributed by atoms with Crippen molar-refractivity contribution in [3.05, 3.63) is 29.8 Å². The van der Waals surface area contributed by atoms with Crippen molar-refractivity contribution in [3.8, 4) is 0 Å². The first-order chi connectivity index (χ1) is 9.76. The fourth-order valence-electron chi connectivity index (χ4n) is 1.25. The Hall–Kier alpha value is -1.95. The van der Waals surface area contributed by atoms with Gasteiger partial charge in [-0.15, -0.1) is 0 Å². The number of rotatable bonds is 4. The summed E-state index contributed by atoms with van der Waals surface area (Å²) in [5.74, 6) is -1.90. The molecule has 22 heavy (non-hydrogen) atoms. The van der Waals surface area contributed by atoms with Crippen LogP contribution >= 0.6 is 0 Å². The summed E-state index contributed by atoms with van der Waals surface area (Å²) in [4.78, 5) is 11.4. The summed E-state index contributed by atoms with van der Waals surface area (Å²) in [6, 6.07) is 3.88. The van der Waals surface area contributed by atoms with Crippen molar-refractivity contribution in [1.29, 1.82) is 0 Å². The third kappa shape index (κ3) is 3.82. The summed E-state index contributed by atoms with van der Waals surface area (Å²) >= 11 is 0. The molecule has 1 unspecified atom stereocenters. The van der Waals surface area contributed by atoms with E-state index in [9.17, 15) is 39.7 Å². The lowest BCUT2D eigenvalue weighted by Crippen LogP contribution is -2.52. The van der Waals surface area contributed by atoms with E-state index in [1.165, 1.54) is 0 Å². The van der Waals surface area contributed by atoms with E-state index >= 15 is 0 Å². The lowest BCUT2D eigenvalue weighted by Gasteiger charge is -2.29. The number of anilines is 1. The van der Waals surface area contributed by atoms with Gasteiger partial charge in [-0.2, -0.15) is 22.0 Å². The number of alkyl halides is 5. The summed E-state index contributed by atoms with van der Waals surface area (Å²) in [5.41, 5.74) is 4.78. The maximum absolute atomic E-state index is 13.1. The molecule has 2 N–H and O–H groups in total. The van der Waals surface area contributed by atoms with Gasteiger partial charge in [-0.3, -0.25) is 0 Å². The molecule has 0 fully saturated rings. The van der Waals surface area contributed by atoms with Gasteiger partial charge in [0.25, 0.3) is 6.10 Å². The molecular formula is C10H7F5NO5S-. The Balaban J connectivity index is 3.16. The number of halogens is 5. The van der Waals surface area contributed by atoms with Gasteiger partial charge in [0.2, 0.25) is 0 Å². The molecule has 0 radical (unpaired) electrons. The lowest BCUT2D eigenvalue weighted by atomic mass is 10.2. The Morgan fingerprint density at radius 1 is 1.14 bits per heavy atom. The molecule has 0 spiro atoms. The first kappa shape index (κ1) is 18.1. The molecule has 0 aliphatic heterocycles. The Bertz CT molecular complexity index is 655. The summed E-state index contributed by atoms with van der Waals surface area (Å²) in [6.45, 7) is 0. The van der Waals surface area contributed by atoms with Gasteiger partial charge < -0.3 is 15.0 Å². The van der Waals surface area contributed by atoms with Crippen molar-refractivity contribution in [3.63, 3.8) is 0 Å². The second kappa shape index (κ2) is 5.68. The second-order valence-electron chi connectivity index (χ2n) is 3.96. The number of nitrogens with two attached hydrogens (primary N) is 1. The highest BCUT2D eigenvalue weighted by molar-refractivity contribution is 7.86. The van der Waals surface area contributed by atoms with Crippen molar-refractivity contribution < 1.29 is 44.5 Å². The molecule has 124 valence electrons. The predicted octanol–water partition coefficient (Wildman–Crippen LogP) is 1.49. The summed E-state index contributed by atoms with van der Waals surface area (Å²) < 4.78 is 98.1. The number of hydrogen-bond acceptors (Lipinski definition) is 6. The fraction of sp³-hybridized carbons (Fsp3) is 0.300. The zero-order valence-electron chi connectivity index (χ0n) is 10.3. The molecule has 6 nitrogen and oxygen atoms in total. The average molecular weight is 348 g/mol. The van der Waals surface area contributed by atoms with Crippen LogP contribution in [0.5, 0.6) is 0 Å². The number of nitrogen functional groups attached to an aromatic ring is 1. The highest BCUT2D eigenvalue weighted by Gasteiger charge is 2.62. The zero-order chi connectivity index (χ0) is 17.3. The molecule has 1 rings (SSSR count). The Labute approximate surface area is 120 Å². The number of benzene rings is 1. The van der Waals surface area contributed by atoms with Crippen LogP contribution in [0.15, 0.2) is 24.3 Å². The van der Waals surface area contributed by atoms with E-state index in [-0.39, 0.29) is 5.69 Å². The van der Waals surface area contributed by atoms with Crippen LogP contribution in [0.4, 0.5) is 27.6 Å². The highest BCUT2D eigenvalue weighted by atomic mass is 32.2. The molecule has 0 amide bonds. The maximum Gasteiger partial charge on any atom is 0.432 e. The van der Waals surface area contributed by atoms with E-state index in [1.807, 2.05) is 0 Å². The number of hydrogen-bond donors (Lipinski definition) is 1. The number of carbonyl (C=O) groups is 1. The normalized spacial score (nSPS) is 14.5. The molecule has 0 bridgehead atoms. The van der Waals surface area contributed by atoms with Gasteiger partial charge in [-0.25, -0.2) is 13.2 Å². The van der Waals surface area contributed by atoms with Gasteiger partial charge >= 0.3 is 17.4 Å². The SMILES string of the molecule is Nc1ccc(C(=O)OC(C(F)(F)F)C(F)(F)S(=O)(=O)[O-])cc1. The largest absolute Gasteiger partial charge is 0.743 e. The first-order valence-corrected chi connectivity index (χ1v) is 6.64. The van der Waals surface area contributed by atoms with E-state index in [0.29, 0.717) is 0 Å². The number of carbonyl (C=O) groups excluding carboxylic acids is 1. The minimum atomic E-state index is -6.72. The van der Waals surface area contributed by atoms with Crippen molar-refractivity contribution in [2.75, 3.05) is 5.73 Å². The van der Waals surface area contributed by atoms with Crippen LogP contribution in [-0.2, 0) is 14.9 Å². The van der Waals surface area contributed by atoms with E-state index in [1.54, 1.807) is 0 Å². The van der Waals surface area contributed by atoms with E-state index in [2.05, 4.69) is 4.74 Å². The highest BCUT2D eigenvalue weighted by Crippen LogP contribution is 2.38. The Morgan fingerprint density at radius 3 is 1.95 bits per heavy atom. The van der Waals surface area contributed by atoms with Crippen molar-refractivity contribution in [2.24, 2.45) is 0 Å². The van der Waals surface area contributed by atoms with Gasteiger partial charge in [-0.1, -0.05) is 0 Å². The van der Waals surface area contributed by atoms with E-state index in [4.69, 9.17) is 5.73 Å². The number of esters is 1. The average Bonchev–Trinajstić information content (AvgIpc) is 2.33. The lowest BCUT2D eigenvalue weighted by molar-refractivity contribution is -0.248. The molecule has 1 aromatic rings. The third-order valence-electron chi connectivity index (χ3n) is 2.31. The van der Waals surface area contributed by atoms with Crippen LogP contribution in [0.1, 0.15) is 10.4 Å². The van der Waals surface area contributed by atoms with Crippen LogP contribution in [-0.4, -0.2) is 36.5 Å². The van der Waals surface area contributed by atoms with Gasteiger partial charge in [0.05, 0.1) is 5.56 Å². The Morgan fingerprint density at radius 2 is 1.59 bits per heavy atom. The summed E-state index contributed by atoms with van der Waals surface area (Å²) in [6.07, 6.45) is -10.4. The standard InChI is InChI=1S/C10H8F5NO5S/c11-9(12,13)8(10(14,15)22(18,19)20)21-7(17)5-1-3-6(16)4-2-5/h1-4,8H,16H2,(H,18,19,20)/p-1. The zero-order valence-corrected chi connectivity index (χ0v) is 11.1. The molecule has 12 heteroatoms. The molecule has 0 saturated heterocycles. The van der Waals surface area contributed by atoms with Gasteiger partial charge in [0.1, 0.15) is 0 Å². The maximum atomic E-state index is 13.1. The van der Waals surface area contributed by atoms with Crippen LogP contribution in [0.3, 0.4) is 0 Å². The van der Waals surface area contributed by atoms with Gasteiger partial charge in [-0.05, 0) is 24.3 Å². The van der Waals surface area contributed by atoms with E-state index in [0.717, 1.165) is 24.3 Å². The van der Waals surface area contributed by atoms with Crippen molar-refractivity contribution in [2.45, 2.75) is 17.5 Å². The molecule has 0 aromatic heterocycles. The van der Waals surface area contributed by atoms with Gasteiger partial charge in [0, 0.05) is 5.69 Å². The fourth-order valence-corrected chi connectivity index (χ4v) is 1.70. The first-order valence-electron chi connectivity index (χ1n) is 5.23. The molecule has 0 aliphatic rings. The predicted molar refractivity (Wildman–Crippen MR) is 60.8 cm³/mol. The molecule has 1 atom stereocenters. The van der Waals surface area contributed by atoms with Crippen LogP contribution in [0, 0.1) is 0 Å². The molecule has 0 heterocycles. The topological polar surface area (TPSA) is 110 Å². The minimum absolute atomic E-state index is 0.122. The van der Waals surface area contributed by atoms with Crippen LogP contribution in [0.25, 0.3) is 0 Å². The van der Waals surface area contributed by atoms with Crippen LogP contribution < -0.4 is 5.73 Å². The van der Waals surface area contributed by atoms with Crippen LogP contribution in [0.2, 0.25) is 0 Å². The quantitative estimate of drug-likeness (QED) is 0.382. The molecule has 0 saturated carbocycles. The van der Waals surface area contributed by atoms with Crippen molar-refractivity contribution in [1.82, 2.24) is 0 Å². The minimum Gasteiger partial charge on any atom is -0.743 e. The van der Waals surface area contributed by atoms with Gasteiger partial charge in [0.15, 0.2) is 10.1 Å². The van der Waals surface area contributed by atoms with E-state index < -0.39 is 39.2 Å². The summed E-state index contributed by atoms with van der Waals surface area (Å²) in [5, 5.41) is -5.88. The second-order valence-corrected chi connectivity index (χ2v) is 5.42. The molecule has 0 aliphatic carbocycles. The third-order valence-corrected chi connectivity index (χ3v) is 3.19. The smallest absolute Gasteiger partial charge is 0.432 e. The number of ether oxygens (including phenoxy) is 1. The summed E-state index contributed by atoms with van der Waals surface area (Å²) in [7, 11) is -6.72. The van der Waals surface area contributed by atoms with Crippen molar-refractivity contribution >= 4 is 21.8 Å². The molecular weight excluding hydrogens is 341 g/mol. The molecule has 1 aromatic carbocycles. The monoisotopic (exact) mass is 348 g/mol.